The van der Waals surface area contributed by atoms with E-state index in [-0.39, 0.29) is 6.04 Å². The Bertz CT molecular complexity index is 385. The third kappa shape index (κ3) is 3.63. The molecule has 0 saturated heterocycles. The van der Waals surface area contributed by atoms with Gasteiger partial charge in [0.05, 0.1) is 17.4 Å². The zero-order chi connectivity index (χ0) is 12.8. The predicted octanol–water partition coefficient (Wildman–Crippen LogP) is 2.96. The van der Waals surface area contributed by atoms with Gasteiger partial charge in [-0.05, 0) is 44.9 Å². The number of aryl methyl sites for hydroxylation is 2. The van der Waals surface area contributed by atoms with Crippen LogP contribution < -0.4 is 5.32 Å². The number of nitrogens with zero attached hydrogens (tertiary/aromatic N) is 2. The van der Waals surface area contributed by atoms with Gasteiger partial charge in [0.1, 0.15) is 0 Å². The first kappa shape index (κ1) is 13.8. The van der Waals surface area contributed by atoms with Crippen LogP contribution in [0.3, 0.4) is 0 Å². The van der Waals surface area contributed by atoms with Crippen LogP contribution >= 0.6 is 0 Å². The fraction of sp³-hybridized carbons (Fsp3) is 0.571. The molecule has 0 aliphatic carbocycles. The van der Waals surface area contributed by atoms with Crippen LogP contribution in [0.5, 0.6) is 0 Å². The average Bonchev–Trinajstić information content (AvgIpc) is 2.29. The van der Waals surface area contributed by atoms with E-state index in [0.717, 1.165) is 36.3 Å². The molecule has 1 atom stereocenters. The molecule has 3 heteroatoms. The highest BCUT2D eigenvalue weighted by atomic mass is 15.1. The van der Waals surface area contributed by atoms with Gasteiger partial charge in [-0.15, -0.1) is 0 Å². The third-order valence-corrected chi connectivity index (χ3v) is 2.76. The summed E-state index contributed by atoms with van der Waals surface area (Å²) < 4.78 is 0. The van der Waals surface area contributed by atoms with Crippen molar-refractivity contribution in [1.29, 1.82) is 0 Å². The van der Waals surface area contributed by atoms with Crippen molar-refractivity contribution >= 4 is 0 Å². The number of rotatable bonds is 6. The van der Waals surface area contributed by atoms with Gasteiger partial charge in [0.15, 0.2) is 0 Å². The third-order valence-electron chi connectivity index (χ3n) is 2.76. The highest BCUT2D eigenvalue weighted by Crippen LogP contribution is 2.23. The summed E-state index contributed by atoms with van der Waals surface area (Å²) in [7, 11) is 0. The Labute approximate surface area is 104 Å². The maximum absolute atomic E-state index is 4.28. The second-order valence-electron chi connectivity index (χ2n) is 4.47. The van der Waals surface area contributed by atoms with Crippen molar-refractivity contribution in [3.8, 4) is 0 Å². The van der Waals surface area contributed by atoms with E-state index in [4.69, 9.17) is 0 Å². The van der Waals surface area contributed by atoms with E-state index < -0.39 is 0 Å². The van der Waals surface area contributed by atoms with Gasteiger partial charge < -0.3 is 5.32 Å². The smallest absolute Gasteiger partial charge is 0.0679 e. The van der Waals surface area contributed by atoms with Gasteiger partial charge in [-0.25, -0.2) is 0 Å². The Morgan fingerprint density at radius 3 is 2.65 bits per heavy atom. The molecular formula is C14H23N3. The van der Waals surface area contributed by atoms with Crippen LogP contribution in [0.1, 0.15) is 50.2 Å². The van der Waals surface area contributed by atoms with Crippen molar-refractivity contribution in [2.24, 2.45) is 0 Å². The summed E-state index contributed by atoms with van der Waals surface area (Å²) in [4.78, 5) is 0. The van der Waals surface area contributed by atoms with E-state index in [1.165, 1.54) is 5.56 Å². The second kappa shape index (κ2) is 6.50. The van der Waals surface area contributed by atoms with Crippen LogP contribution in [0.15, 0.2) is 18.2 Å². The summed E-state index contributed by atoms with van der Waals surface area (Å²) in [5.74, 6) is 0. The van der Waals surface area contributed by atoms with Crippen LogP contribution in [-0.4, -0.2) is 16.7 Å². The molecule has 1 heterocycles. The Kier molecular flexibility index (Phi) is 5.29. The quantitative estimate of drug-likeness (QED) is 0.768. The number of hydrogen-bond donors (Lipinski definition) is 1. The number of hydrogen-bond acceptors (Lipinski definition) is 3. The van der Waals surface area contributed by atoms with Gasteiger partial charge in [-0.2, -0.15) is 10.2 Å². The molecule has 0 saturated carbocycles. The Morgan fingerprint density at radius 2 is 2.12 bits per heavy atom. The van der Waals surface area contributed by atoms with Crippen molar-refractivity contribution in [3.05, 3.63) is 35.2 Å². The van der Waals surface area contributed by atoms with Crippen LogP contribution in [-0.2, 0) is 6.42 Å². The number of aromatic nitrogens is 2. The average molecular weight is 233 g/mol. The summed E-state index contributed by atoms with van der Waals surface area (Å²) >= 11 is 0. The summed E-state index contributed by atoms with van der Waals surface area (Å²) in [6.07, 6.45) is 2.02. The molecule has 1 unspecified atom stereocenters. The Balaban J connectivity index is 3.07. The molecule has 1 N–H and O–H groups in total. The van der Waals surface area contributed by atoms with Gasteiger partial charge in [-0.3, -0.25) is 0 Å². The summed E-state index contributed by atoms with van der Waals surface area (Å²) in [6.45, 7) is 13.4. The molecule has 1 aromatic rings. The Morgan fingerprint density at radius 1 is 1.41 bits per heavy atom. The molecule has 3 nitrogen and oxygen atoms in total. The maximum atomic E-state index is 4.28. The first-order valence-electron chi connectivity index (χ1n) is 6.32. The van der Waals surface area contributed by atoms with Crippen LogP contribution in [0, 0.1) is 6.92 Å². The molecule has 1 rings (SSSR count). The lowest BCUT2D eigenvalue weighted by molar-refractivity contribution is 0.581. The lowest BCUT2D eigenvalue weighted by Gasteiger charge is -2.21. The molecule has 0 fully saturated rings. The fourth-order valence-corrected chi connectivity index (χ4v) is 1.90. The van der Waals surface area contributed by atoms with E-state index >= 15 is 0 Å². The van der Waals surface area contributed by atoms with Crippen molar-refractivity contribution < 1.29 is 0 Å². The molecule has 94 valence electrons. The van der Waals surface area contributed by atoms with Gasteiger partial charge >= 0.3 is 0 Å². The summed E-state index contributed by atoms with van der Waals surface area (Å²) in [5, 5.41) is 11.9. The molecule has 0 aliphatic heterocycles. The standard InChI is InChI=1S/C14H23N3/c1-6-8-15-14(10(3)4)12-9-11(5)16-17-13(12)7-2/h9,14-15H,3,6-8H2,1-2,4-5H3. The minimum absolute atomic E-state index is 0.194. The van der Waals surface area contributed by atoms with E-state index in [0.29, 0.717) is 0 Å². The Hall–Kier alpha value is -1.22. The predicted molar refractivity (Wildman–Crippen MR) is 72.0 cm³/mol. The largest absolute Gasteiger partial charge is 0.306 e. The molecule has 1 aromatic heterocycles. The first-order valence-corrected chi connectivity index (χ1v) is 6.32. The van der Waals surface area contributed by atoms with Gasteiger partial charge in [0, 0.05) is 0 Å². The van der Waals surface area contributed by atoms with Crippen molar-refractivity contribution in [3.63, 3.8) is 0 Å². The highest BCUT2D eigenvalue weighted by molar-refractivity contribution is 5.30. The van der Waals surface area contributed by atoms with Gasteiger partial charge in [0.25, 0.3) is 0 Å². The van der Waals surface area contributed by atoms with Crippen LogP contribution in [0.2, 0.25) is 0 Å². The summed E-state index contributed by atoms with van der Waals surface area (Å²) in [5.41, 5.74) is 4.37. The van der Waals surface area contributed by atoms with Crippen molar-refractivity contribution in [1.82, 2.24) is 15.5 Å². The van der Waals surface area contributed by atoms with Crippen LogP contribution in [0.25, 0.3) is 0 Å². The second-order valence-corrected chi connectivity index (χ2v) is 4.47. The molecule has 0 amide bonds. The minimum Gasteiger partial charge on any atom is -0.306 e. The van der Waals surface area contributed by atoms with E-state index in [1.54, 1.807) is 0 Å². The monoisotopic (exact) mass is 233 g/mol. The zero-order valence-corrected chi connectivity index (χ0v) is 11.4. The van der Waals surface area contributed by atoms with E-state index in [2.05, 4.69) is 48.9 Å². The maximum Gasteiger partial charge on any atom is 0.0679 e. The normalized spacial score (nSPS) is 12.5. The van der Waals surface area contributed by atoms with Gasteiger partial charge in [-0.1, -0.05) is 26.0 Å². The van der Waals surface area contributed by atoms with Crippen molar-refractivity contribution in [2.45, 2.75) is 46.6 Å². The molecule has 0 aliphatic rings. The molecule has 0 radical (unpaired) electrons. The number of nitrogens with one attached hydrogen (secondary N) is 1. The zero-order valence-electron chi connectivity index (χ0n) is 11.4. The lowest BCUT2D eigenvalue weighted by atomic mass is 9.98. The topological polar surface area (TPSA) is 37.8 Å². The van der Waals surface area contributed by atoms with E-state index in [1.807, 2.05) is 6.92 Å². The molecule has 0 spiro atoms. The molecular weight excluding hydrogens is 210 g/mol. The summed E-state index contributed by atoms with van der Waals surface area (Å²) in [6, 6.07) is 2.31. The lowest BCUT2D eigenvalue weighted by Crippen LogP contribution is -2.24. The van der Waals surface area contributed by atoms with E-state index in [9.17, 15) is 0 Å². The molecule has 17 heavy (non-hydrogen) atoms. The highest BCUT2D eigenvalue weighted by Gasteiger charge is 2.16. The van der Waals surface area contributed by atoms with Crippen LogP contribution in [0.4, 0.5) is 0 Å². The molecule has 0 aromatic carbocycles. The minimum atomic E-state index is 0.194. The van der Waals surface area contributed by atoms with Gasteiger partial charge in [0.2, 0.25) is 0 Å². The van der Waals surface area contributed by atoms with Crippen molar-refractivity contribution in [2.75, 3.05) is 6.54 Å². The fourth-order valence-electron chi connectivity index (χ4n) is 1.90. The molecule has 0 bridgehead atoms. The SMILES string of the molecule is C=C(C)C(NCCC)c1cc(C)nnc1CC. The first-order chi connectivity index (χ1) is 8.10.